The van der Waals surface area contributed by atoms with E-state index in [9.17, 15) is 9.59 Å². The number of hydrogen-bond acceptors (Lipinski definition) is 4. The number of benzene rings is 2. The number of hydrogen-bond donors (Lipinski definition) is 1. The van der Waals surface area contributed by atoms with Crippen LogP contribution in [-0.2, 0) is 17.9 Å². The summed E-state index contributed by atoms with van der Waals surface area (Å²) in [6, 6.07) is 19.1. The van der Waals surface area contributed by atoms with Crippen LogP contribution in [0.25, 0.3) is 0 Å². The van der Waals surface area contributed by atoms with Gasteiger partial charge >= 0.3 is 0 Å². The van der Waals surface area contributed by atoms with Crippen LogP contribution in [0.15, 0.2) is 84.8 Å². The van der Waals surface area contributed by atoms with Crippen LogP contribution in [0.5, 0.6) is 0 Å². The van der Waals surface area contributed by atoms with E-state index in [1.165, 1.54) is 6.20 Å². The number of Topliss-reactive ketones (excluding diaryl/α,β-unsaturated/α-hetero) is 1. The maximum absolute atomic E-state index is 13.3. The Hall–Kier alpha value is -3.73. The third-order valence-corrected chi connectivity index (χ3v) is 4.96. The van der Waals surface area contributed by atoms with Gasteiger partial charge in [0, 0.05) is 30.7 Å². The van der Waals surface area contributed by atoms with Gasteiger partial charge in [0.1, 0.15) is 5.57 Å². The van der Waals surface area contributed by atoms with Crippen LogP contribution in [-0.4, -0.2) is 16.7 Å². The third kappa shape index (κ3) is 3.80. The van der Waals surface area contributed by atoms with Crippen LogP contribution < -0.4 is 10.2 Å². The molecule has 3 aromatic rings. The molecule has 0 bridgehead atoms. The highest BCUT2D eigenvalue weighted by Crippen LogP contribution is 2.34. The molecule has 0 aliphatic carbocycles. The van der Waals surface area contributed by atoms with Gasteiger partial charge < -0.3 is 10.2 Å². The lowest BCUT2D eigenvalue weighted by molar-refractivity contribution is -0.115. The normalized spacial score (nSPS) is 14.8. The van der Waals surface area contributed by atoms with Crippen LogP contribution >= 0.6 is 0 Å². The van der Waals surface area contributed by atoms with Gasteiger partial charge in [-0.1, -0.05) is 42.5 Å². The number of carbonyl (C=O) groups excluding carboxylic acids is 2. The Labute approximate surface area is 169 Å². The Morgan fingerprint density at radius 1 is 0.931 bits per heavy atom. The zero-order chi connectivity index (χ0) is 20.2. The summed E-state index contributed by atoms with van der Waals surface area (Å²) in [4.78, 5) is 32.0. The summed E-state index contributed by atoms with van der Waals surface area (Å²) in [5.41, 5.74) is 4.32. The molecule has 1 aliphatic heterocycles. The Morgan fingerprint density at radius 2 is 1.69 bits per heavy atom. The molecule has 2 heterocycles. The van der Waals surface area contributed by atoms with E-state index in [1.807, 2.05) is 61.5 Å². The lowest BCUT2D eigenvalue weighted by Crippen LogP contribution is -2.40. The third-order valence-electron chi connectivity index (χ3n) is 4.96. The number of carbonyl (C=O) groups is 2. The predicted molar refractivity (Wildman–Crippen MR) is 112 cm³/mol. The summed E-state index contributed by atoms with van der Waals surface area (Å²) in [6.07, 6.45) is 4.96. The first-order chi connectivity index (χ1) is 14.1. The van der Waals surface area contributed by atoms with Crippen molar-refractivity contribution in [2.45, 2.75) is 20.0 Å². The van der Waals surface area contributed by atoms with Gasteiger partial charge in [0.25, 0.3) is 5.91 Å². The summed E-state index contributed by atoms with van der Waals surface area (Å²) in [7, 11) is 0. The second-order valence-corrected chi connectivity index (χ2v) is 6.97. The molecular weight excluding hydrogens is 362 g/mol. The number of ketones is 1. The van der Waals surface area contributed by atoms with Crippen molar-refractivity contribution >= 4 is 17.4 Å². The molecule has 1 amide bonds. The van der Waals surface area contributed by atoms with Crippen molar-refractivity contribution in [1.82, 2.24) is 10.3 Å². The minimum absolute atomic E-state index is 0.146. The maximum atomic E-state index is 13.3. The maximum Gasteiger partial charge on any atom is 0.264 e. The first-order valence-electron chi connectivity index (χ1n) is 9.47. The van der Waals surface area contributed by atoms with Crippen LogP contribution in [0.1, 0.15) is 27.0 Å². The number of aryl methyl sites for hydroxylation is 1. The minimum Gasteiger partial charge on any atom is -0.386 e. The van der Waals surface area contributed by atoms with E-state index in [4.69, 9.17) is 0 Å². The first kappa shape index (κ1) is 18.6. The van der Waals surface area contributed by atoms with Gasteiger partial charge in [-0.2, -0.15) is 0 Å². The molecule has 0 radical (unpaired) electrons. The highest BCUT2D eigenvalue weighted by atomic mass is 16.2. The zero-order valence-corrected chi connectivity index (χ0v) is 16.1. The fourth-order valence-corrected chi connectivity index (χ4v) is 3.51. The SMILES string of the molecule is Cc1cccc2c1N(Cc1ccccc1)C(=O)/C(=C/NCc1ccncc1)C2=O. The van der Waals surface area contributed by atoms with Crippen LogP contribution in [0, 0.1) is 6.92 Å². The molecule has 1 aliphatic rings. The van der Waals surface area contributed by atoms with Gasteiger partial charge in [0.2, 0.25) is 5.78 Å². The van der Waals surface area contributed by atoms with E-state index in [0.717, 1.165) is 16.7 Å². The summed E-state index contributed by atoms with van der Waals surface area (Å²) in [5, 5.41) is 3.10. The van der Waals surface area contributed by atoms with E-state index in [-0.39, 0.29) is 17.3 Å². The van der Waals surface area contributed by atoms with E-state index in [1.54, 1.807) is 23.4 Å². The van der Waals surface area contributed by atoms with E-state index in [2.05, 4.69) is 10.3 Å². The standard InChI is InChI=1S/C24H21N3O2/c1-17-6-5-9-20-22(17)27(16-19-7-3-2-4-8-19)24(29)21(23(20)28)15-26-14-18-10-12-25-13-11-18/h2-13,15,26H,14,16H2,1H3/b21-15+. The predicted octanol–water partition coefficient (Wildman–Crippen LogP) is 3.79. The van der Waals surface area contributed by atoms with E-state index >= 15 is 0 Å². The Morgan fingerprint density at radius 3 is 2.45 bits per heavy atom. The average molecular weight is 383 g/mol. The minimum atomic E-state index is -0.289. The second kappa shape index (κ2) is 8.10. The molecule has 144 valence electrons. The molecule has 0 fully saturated rings. The van der Waals surface area contributed by atoms with Gasteiger partial charge in [-0.15, -0.1) is 0 Å². The van der Waals surface area contributed by atoms with Crippen molar-refractivity contribution in [3.63, 3.8) is 0 Å². The molecule has 5 nitrogen and oxygen atoms in total. The van der Waals surface area contributed by atoms with Crippen molar-refractivity contribution in [2.24, 2.45) is 0 Å². The molecule has 0 unspecified atom stereocenters. The number of nitrogens with zero attached hydrogens (tertiary/aromatic N) is 2. The lowest BCUT2D eigenvalue weighted by Gasteiger charge is -2.31. The summed E-state index contributed by atoms with van der Waals surface area (Å²) in [5.74, 6) is -0.539. The topological polar surface area (TPSA) is 62.3 Å². The van der Waals surface area contributed by atoms with E-state index in [0.29, 0.717) is 24.3 Å². The molecule has 0 atom stereocenters. The Bertz CT molecular complexity index is 1080. The summed E-state index contributed by atoms with van der Waals surface area (Å²) in [6.45, 7) is 2.84. The number of aromatic nitrogens is 1. The fourth-order valence-electron chi connectivity index (χ4n) is 3.51. The number of fused-ring (bicyclic) bond motifs is 1. The van der Waals surface area contributed by atoms with Crippen LogP contribution in [0.3, 0.4) is 0 Å². The zero-order valence-electron chi connectivity index (χ0n) is 16.1. The van der Waals surface area contributed by atoms with Crippen molar-refractivity contribution < 1.29 is 9.59 Å². The second-order valence-electron chi connectivity index (χ2n) is 6.97. The highest BCUT2D eigenvalue weighted by Gasteiger charge is 2.35. The molecule has 5 heteroatoms. The molecule has 29 heavy (non-hydrogen) atoms. The number of rotatable bonds is 5. The quantitative estimate of drug-likeness (QED) is 0.538. The number of pyridine rings is 1. The van der Waals surface area contributed by atoms with Gasteiger partial charge in [-0.3, -0.25) is 14.6 Å². The van der Waals surface area contributed by atoms with Gasteiger partial charge in [0.05, 0.1) is 12.2 Å². The lowest BCUT2D eigenvalue weighted by atomic mass is 9.92. The van der Waals surface area contributed by atoms with E-state index < -0.39 is 0 Å². The molecule has 2 aromatic carbocycles. The summed E-state index contributed by atoms with van der Waals surface area (Å²) < 4.78 is 0. The molecule has 1 aromatic heterocycles. The highest BCUT2D eigenvalue weighted by molar-refractivity contribution is 6.34. The first-order valence-corrected chi connectivity index (χ1v) is 9.47. The number of amides is 1. The molecular formula is C24H21N3O2. The molecule has 0 saturated carbocycles. The molecule has 0 spiro atoms. The number of anilines is 1. The number of nitrogens with one attached hydrogen (secondary N) is 1. The molecule has 4 rings (SSSR count). The number of para-hydroxylation sites is 1. The van der Waals surface area contributed by atoms with Crippen LogP contribution in [0.2, 0.25) is 0 Å². The van der Waals surface area contributed by atoms with Crippen molar-refractivity contribution in [3.8, 4) is 0 Å². The largest absolute Gasteiger partial charge is 0.386 e. The van der Waals surface area contributed by atoms with Crippen molar-refractivity contribution in [1.29, 1.82) is 0 Å². The van der Waals surface area contributed by atoms with Gasteiger partial charge in [0.15, 0.2) is 0 Å². The Kier molecular flexibility index (Phi) is 5.20. The van der Waals surface area contributed by atoms with Crippen LogP contribution in [0.4, 0.5) is 5.69 Å². The Balaban J connectivity index is 1.68. The van der Waals surface area contributed by atoms with Gasteiger partial charge in [-0.25, -0.2) is 0 Å². The fraction of sp³-hybridized carbons (Fsp3) is 0.125. The van der Waals surface area contributed by atoms with Crippen molar-refractivity contribution in [2.75, 3.05) is 4.90 Å². The molecule has 1 N–H and O–H groups in total. The average Bonchev–Trinajstić information content (AvgIpc) is 2.75. The van der Waals surface area contributed by atoms with Crippen molar-refractivity contribution in [3.05, 3.63) is 107 Å². The molecule has 0 saturated heterocycles. The summed E-state index contributed by atoms with van der Waals surface area (Å²) >= 11 is 0. The smallest absolute Gasteiger partial charge is 0.264 e. The van der Waals surface area contributed by atoms with Gasteiger partial charge in [-0.05, 0) is 41.8 Å². The monoisotopic (exact) mass is 383 g/mol.